The van der Waals surface area contributed by atoms with Gasteiger partial charge in [-0.15, -0.1) is 0 Å². The highest BCUT2D eigenvalue weighted by molar-refractivity contribution is 5.53. The van der Waals surface area contributed by atoms with Crippen LogP contribution in [-0.2, 0) is 0 Å². The van der Waals surface area contributed by atoms with Crippen molar-refractivity contribution in [3.05, 3.63) is 23.0 Å². The minimum absolute atomic E-state index is 0.196. The number of hydrogen-bond donors (Lipinski definition) is 1. The summed E-state index contributed by atoms with van der Waals surface area (Å²) in [4.78, 5) is 0. The van der Waals surface area contributed by atoms with Gasteiger partial charge in [-0.3, -0.25) is 0 Å². The maximum absolute atomic E-state index is 13.7. The molecule has 4 heteroatoms. The van der Waals surface area contributed by atoms with E-state index in [2.05, 4.69) is 5.32 Å². The van der Waals surface area contributed by atoms with Crippen molar-refractivity contribution in [2.75, 3.05) is 20.8 Å². The fourth-order valence-electron chi connectivity index (χ4n) is 2.50. The molecule has 17 heavy (non-hydrogen) atoms. The third-order valence-electron chi connectivity index (χ3n) is 3.25. The summed E-state index contributed by atoms with van der Waals surface area (Å²) in [6, 6.07) is 1.75. The molecule has 1 aromatic rings. The van der Waals surface area contributed by atoms with Gasteiger partial charge in [0.1, 0.15) is 0 Å². The van der Waals surface area contributed by atoms with Gasteiger partial charge in [0.2, 0.25) is 0 Å². The molecule has 0 spiro atoms. The molecule has 1 saturated heterocycles. The van der Waals surface area contributed by atoms with E-state index >= 15 is 0 Å². The fraction of sp³-hybridized carbons (Fsp3) is 0.538. The van der Waals surface area contributed by atoms with Crippen molar-refractivity contribution < 1.29 is 13.9 Å². The second-order valence-corrected chi connectivity index (χ2v) is 4.30. The van der Waals surface area contributed by atoms with Gasteiger partial charge in [0.05, 0.1) is 14.2 Å². The van der Waals surface area contributed by atoms with Crippen LogP contribution in [-0.4, -0.2) is 20.8 Å². The lowest BCUT2D eigenvalue weighted by Crippen LogP contribution is -2.16. The zero-order valence-corrected chi connectivity index (χ0v) is 10.5. The number of methoxy groups -OCH3 is 2. The Morgan fingerprint density at radius 2 is 2.00 bits per heavy atom. The minimum atomic E-state index is -0.372. The predicted octanol–water partition coefficient (Wildman–Crippen LogP) is 2.58. The molecule has 1 unspecified atom stereocenters. The molecule has 0 aromatic heterocycles. The average Bonchev–Trinajstić information content (AvgIpc) is 2.81. The number of aryl methyl sites for hydroxylation is 1. The molecule has 94 valence electrons. The third-order valence-corrected chi connectivity index (χ3v) is 3.25. The first-order chi connectivity index (χ1) is 8.19. The number of halogens is 1. The molecule has 1 N–H and O–H groups in total. The number of ether oxygens (including phenoxy) is 2. The summed E-state index contributed by atoms with van der Waals surface area (Å²) in [5.74, 6) is 0.342. The predicted molar refractivity (Wildman–Crippen MR) is 64.2 cm³/mol. The lowest BCUT2D eigenvalue weighted by atomic mass is 9.98. The molecule has 2 rings (SSSR count). The van der Waals surface area contributed by atoms with Gasteiger partial charge < -0.3 is 14.8 Å². The summed E-state index contributed by atoms with van der Waals surface area (Å²) >= 11 is 0. The topological polar surface area (TPSA) is 30.5 Å². The van der Waals surface area contributed by atoms with Crippen LogP contribution in [0.3, 0.4) is 0 Å². The summed E-state index contributed by atoms with van der Waals surface area (Å²) in [5.41, 5.74) is 1.92. The van der Waals surface area contributed by atoms with Crippen molar-refractivity contribution >= 4 is 0 Å². The van der Waals surface area contributed by atoms with E-state index in [0.717, 1.165) is 30.5 Å². The Morgan fingerprint density at radius 3 is 2.53 bits per heavy atom. The van der Waals surface area contributed by atoms with Gasteiger partial charge in [-0.2, -0.15) is 0 Å². The summed E-state index contributed by atoms with van der Waals surface area (Å²) in [6.45, 7) is 2.90. The van der Waals surface area contributed by atoms with Gasteiger partial charge in [-0.1, -0.05) is 0 Å². The largest absolute Gasteiger partial charge is 0.492 e. The summed E-state index contributed by atoms with van der Waals surface area (Å²) in [7, 11) is 3.01. The van der Waals surface area contributed by atoms with Gasteiger partial charge in [0.15, 0.2) is 17.3 Å². The second kappa shape index (κ2) is 4.92. The monoisotopic (exact) mass is 239 g/mol. The highest BCUT2D eigenvalue weighted by Crippen LogP contribution is 2.41. The number of rotatable bonds is 3. The van der Waals surface area contributed by atoms with E-state index in [1.54, 1.807) is 7.11 Å². The number of hydrogen-bond acceptors (Lipinski definition) is 3. The zero-order valence-electron chi connectivity index (χ0n) is 10.5. The SMILES string of the molecule is COc1c(F)cc(C)c(C2CCCN2)c1OC. The minimum Gasteiger partial charge on any atom is -0.492 e. The molecule has 1 aliphatic rings. The highest BCUT2D eigenvalue weighted by Gasteiger charge is 2.26. The molecule has 1 atom stereocenters. The molecular formula is C13H18FNO2. The van der Waals surface area contributed by atoms with Crippen molar-refractivity contribution in [2.45, 2.75) is 25.8 Å². The molecule has 0 bridgehead atoms. The van der Waals surface area contributed by atoms with Crippen LogP contribution in [0.25, 0.3) is 0 Å². The summed E-state index contributed by atoms with van der Waals surface area (Å²) in [5, 5.41) is 3.40. The van der Waals surface area contributed by atoms with Crippen LogP contribution in [0.1, 0.15) is 30.0 Å². The normalized spacial score (nSPS) is 19.4. The van der Waals surface area contributed by atoms with Gasteiger partial charge in [-0.25, -0.2) is 4.39 Å². The standard InChI is InChI=1S/C13H18FNO2/c1-8-7-9(14)12(16-2)13(17-3)11(8)10-5-4-6-15-10/h7,10,15H,4-6H2,1-3H3. The van der Waals surface area contributed by atoms with E-state index in [-0.39, 0.29) is 17.6 Å². The molecule has 0 radical (unpaired) electrons. The smallest absolute Gasteiger partial charge is 0.197 e. The first-order valence-electron chi connectivity index (χ1n) is 5.83. The first kappa shape index (κ1) is 12.2. The summed E-state index contributed by atoms with van der Waals surface area (Å²) in [6.07, 6.45) is 2.18. The maximum atomic E-state index is 13.7. The van der Waals surface area contributed by atoms with E-state index in [9.17, 15) is 4.39 Å². The summed E-state index contributed by atoms with van der Waals surface area (Å²) < 4.78 is 24.2. The van der Waals surface area contributed by atoms with Crippen LogP contribution < -0.4 is 14.8 Å². The maximum Gasteiger partial charge on any atom is 0.197 e. The van der Waals surface area contributed by atoms with Gasteiger partial charge >= 0.3 is 0 Å². The Labute approximate surface area is 101 Å². The average molecular weight is 239 g/mol. The fourth-order valence-corrected chi connectivity index (χ4v) is 2.50. The van der Waals surface area contributed by atoms with Crippen LogP contribution >= 0.6 is 0 Å². The van der Waals surface area contributed by atoms with Crippen molar-refractivity contribution in [1.29, 1.82) is 0 Å². The number of nitrogens with one attached hydrogen (secondary N) is 1. The zero-order chi connectivity index (χ0) is 12.4. The molecule has 0 aliphatic carbocycles. The lowest BCUT2D eigenvalue weighted by molar-refractivity contribution is 0.331. The van der Waals surface area contributed by atoms with Crippen molar-refractivity contribution in [3.63, 3.8) is 0 Å². The Morgan fingerprint density at radius 1 is 1.29 bits per heavy atom. The van der Waals surface area contributed by atoms with Crippen LogP contribution in [0.4, 0.5) is 4.39 Å². The molecule has 3 nitrogen and oxygen atoms in total. The molecule has 1 heterocycles. The van der Waals surface area contributed by atoms with Crippen LogP contribution in [0.2, 0.25) is 0 Å². The molecule has 0 saturated carbocycles. The quantitative estimate of drug-likeness (QED) is 0.879. The van der Waals surface area contributed by atoms with E-state index < -0.39 is 0 Å². The lowest BCUT2D eigenvalue weighted by Gasteiger charge is -2.20. The van der Waals surface area contributed by atoms with Crippen LogP contribution in [0.5, 0.6) is 11.5 Å². The Kier molecular flexibility index (Phi) is 3.52. The van der Waals surface area contributed by atoms with E-state index in [4.69, 9.17) is 9.47 Å². The Balaban J connectivity index is 2.55. The van der Waals surface area contributed by atoms with E-state index in [0.29, 0.717) is 5.75 Å². The first-order valence-corrected chi connectivity index (χ1v) is 5.83. The molecule has 1 aromatic carbocycles. The van der Waals surface area contributed by atoms with Gasteiger partial charge in [0, 0.05) is 11.6 Å². The molecule has 1 aliphatic heterocycles. The molecular weight excluding hydrogens is 221 g/mol. The van der Waals surface area contributed by atoms with Crippen LogP contribution in [0.15, 0.2) is 6.07 Å². The van der Waals surface area contributed by atoms with Crippen molar-refractivity contribution in [2.24, 2.45) is 0 Å². The van der Waals surface area contributed by atoms with E-state index in [1.807, 2.05) is 6.92 Å². The molecule has 1 fully saturated rings. The molecule has 0 amide bonds. The van der Waals surface area contributed by atoms with Gasteiger partial charge in [0.25, 0.3) is 0 Å². The number of benzene rings is 1. The second-order valence-electron chi connectivity index (χ2n) is 4.30. The van der Waals surface area contributed by atoms with E-state index in [1.165, 1.54) is 13.2 Å². The van der Waals surface area contributed by atoms with Crippen molar-refractivity contribution in [1.82, 2.24) is 5.32 Å². The Hall–Kier alpha value is -1.29. The Bertz CT molecular complexity index is 414. The third kappa shape index (κ3) is 2.09. The highest BCUT2D eigenvalue weighted by atomic mass is 19.1. The van der Waals surface area contributed by atoms with Gasteiger partial charge in [-0.05, 0) is 37.9 Å². The van der Waals surface area contributed by atoms with Crippen molar-refractivity contribution in [3.8, 4) is 11.5 Å². The van der Waals surface area contributed by atoms with Crippen LogP contribution in [0, 0.1) is 12.7 Å².